The highest BCUT2D eigenvalue weighted by molar-refractivity contribution is 9.25. The zero-order valence-electron chi connectivity index (χ0n) is 8.96. The first kappa shape index (κ1) is 15.4. The second-order valence-corrected chi connectivity index (χ2v) is 6.68. The van der Waals surface area contributed by atoms with Crippen molar-refractivity contribution >= 4 is 38.1 Å². The topological polar surface area (TPSA) is 52.1 Å². The summed E-state index contributed by atoms with van der Waals surface area (Å²) in [7, 11) is 0. The molecule has 0 atom stereocenters. The number of hydrogen-bond donors (Lipinski definition) is 0. The zero-order valence-corrected chi connectivity index (χ0v) is 12.1. The minimum absolute atomic E-state index is 0.159. The molecule has 0 bridgehead atoms. The molecule has 9 heteroatoms. The number of hydrogen-bond acceptors (Lipinski definition) is 4. The monoisotopic (exact) mass is 390 g/mol. The second-order valence-electron chi connectivity index (χ2n) is 3.12. The van der Waals surface area contributed by atoms with Crippen molar-refractivity contribution in [2.24, 2.45) is 0 Å². The van der Waals surface area contributed by atoms with Crippen molar-refractivity contribution in [2.75, 3.05) is 6.61 Å². The molecular weight excluding hydrogens is 385 g/mol. The van der Waals surface area contributed by atoms with E-state index in [0.717, 1.165) is 0 Å². The van der Waals surface area contributed by atoms with Gasteiger partial charge in [-0.1, -0.05) is 31.9 Å². The minimum Gasteiger partial charge on any atom is -0.477 e. The van der Waals surface area contributed by atoms with Crippen LogP contribution in [0.2, 0.25) is 0 Å². The number of aldehydes is 1. The largest absolute Gasteiger partial charge is 0.477 e. The van der Waals surface area contributed by atoms with Gasteiger partial charge in [-0.05, 0) is 6.92 Å². The molecule has 0 aliphatic heterocycles. The van der Waals surface area contributed by atoms with Crippen molar-refractivity contribution in [3.8, 4) is 5.88 Å². The van der Waals surface area contributed by atoms with Gasteiger partial charge in [0.25, 0.3) is 0 Å². The number of rotatable bonds is 4. The molecule has 1 heterocycles. The molecular formula is C9H7Br2F3N2O2. The SMILES string of the molecule is CCOc1cc(C(F)(F)F)c(C(Br)(Br)C=O)nn1. The van der Waals surface area contributed by atoms with Crippen molar-refractivity contribution in [1.29, 1.82) is 0 Å². The van der Waals surface area contributed by atoms with Gasteiger partial charge in [-0.3, -0.25) is 0 Å². The molecule has 0 radical (unpaired) electrons. The average Bonchev–Trinajstić information content (AvgIpc) is 2.28. The van der Waals surface area contributed by atoms with Crippen LogP contribution >= 0.6 is 31.9 Å². The summed E-state index contributed by atoms with van der Waals surface area (Å²) < 4.78 is 41.7. The first-order valence-corrected chi connectivity index (χ1v) is 6.23. The van der Waals surface area contributed by atoms with E-state index in [1.165, 1.54) is 0 Å². The first-order chi connectivity index (χ1) is 8.22. The molecule has 0 spiro atoms. The van der Waals surface area contributed by atoms with Crippen LogP contribution in [0.25, 0.3) is 0 Å². The number of carbonyl (C=O) groups is 1. The van der Waals surface area contributed by atoms with Crippen LogP contribution in [-0.2, 0) is 14.2 Å². The summed E-state index contributed by atoms with van der Waals surface area (Å²) in [5, 5.41) is 6.85. The van der Waals surface area contributed by atoms with E-state index >= 15 is 0 Å². The fourth-order valence-electron chi connectivity index (χ4n) is 1.11. The Morgan fingerprint density at radius 3 is 2.44 bits per heavy atom. The maximum absolute atomic E-state index is 12.9. The summed E-state index contributed by atoms with van der Waals surface area (Å²) in [5.41, 5.74) is -1.67. The van der Waals surface area contributed by atoms with Gasteiger partial charge in [-0.2, -0.15) is 13.2 Å². The Morgan fingerprint density at radius 1 is 1.39 bits per heavy atom. The number of carbonyl (C=O) groups excluding carboxylic acids is 1. The van der Waals surface area contributed by atoms with Crippen LogP contribution < -0.4 is 4.74 Å². The molecule has 0 aliphatic rings. The van der Waals surface area contributed by atoms with Crippen LogP contribution in [0.3, 0.4) is 0 Å². The lowest BCUT2D eigenvalue weighted by Crippen LogP contribution is -2.22. The highest BCUT2D eigenvalue weighted by Crippen LogP contribution is 2.42. The molecule has 18 heavy (non-hydrogen) atoms. The summed E-state index contributed by atoms with van der Waals surface area (Å²) >= 11 is 5.60. The van der Waals surface area contributed by atoms with E-state index < -0.39 is 20.7 Å². The summed E-state index contributed by atoms with van der Waals surface area (Å²) in [6.07, 6.45) is -4.43. The average molecular weight is 392 g/mol. The third-order valence-electron chi connectivity index (χ3n) is 1.83. The van der Waals surface area contributed by atoms with Gasteiger partial charge < -0.3 is 9.53 Å². The zero-order chi connectivity index (χ0) is 14.0. The molecule has 0 amide bonds. The Morgan fingerprint density at radius 2 is 2.00 bits per heavy atom. The van der Waals surface area contributed by atoms with Crippen LogP contribution in [0.5, 0.6) is 5.88 Å². The van der Waals surface area contributed by atoms with Gasteiger partial charge >= 0.3 is 6.18 Å². The van der Waals surface area contributed by atoms with E-state index in [4.69, 9.17) is 4.74 Å². The number of halogens is 5. The summed E-state index contributed by atoms with van der Waals surface area (Å²) in [6.45, 7) is 1.76. The van der Waals surface area contributed by atoms with Crippen LogP contribution in [0.1, 0.15) is 18.2 Å². The Kier molecular flexibility index (Phi) is 4.71. The van der Waals surface area contributed by atoms with E-state index in [2.05, 4.69) is 42.1 Å². The number of alkyl halides is 5. The number of ether oxygens (including phenoxy) is 1. The predicted molar refractivity (Wildman–Crippen MR) is 63.8 cm³/mol. The lowest BCUT2D eigenvalue weighted by molar-refractivity contribution is -0.138. The normalized spacial score (nSPS) is 12.3. The van der Waals surface area contributed by atoms with Crippen LogP contribution in [0, 0.1) is 0 Å². The molecule has 4 nitrogen and oxygen atoms in total. The number of nitrogens with zero attached hydrogens (tertiary/aromatic N) is 2. The molecule has 0 N–H and O–H groups in total. The van der Waals surface area contributed by atoms with E-state index in [1.54, 1.807) is 6.92 Å². The van der Waals surface area contributed by atoms with Crippen LogP contribution in [-0.4, -0.2) is 23.1 Å². The van der Waals surface area contributed by atoms with Gasteiger partial charge in [-0.25, -0.2) is 0 Å². The Balaban J connectivity index is 3.39. The molecule has 0 aromatic carbocycles. The fraction of sp³-hybridized carbons (Fsp3) is 0.444. The van der Waals surface area contributed by atoms with Gasteiger partial charge in [0.15, 0.2) is 9.52 Å². The summed E-state index contributed by atoms with van der Waals surface area (Å²) in [4.78, 5) is 10.8. The Hall–Kier alpha value is -0.700. The molecule has 1 rings (SSSR count). The van der Waals surface area contributed by atoms with Crippen molar-refractivity contribution in [3.63, 3.8) is 0 Å². The second kappa shape index (κ2) is 5.52. The molecule has 0 saturated heterocycles. The van der Waals surface area contributed by atoms with E-state index in [1.807, 2.05) is 0 Å². The first-order valence-electron chi connectivity index (χ1n) is 4.64. The van der Waals surface area contributed by atoms with Crippen molar-refractivity contribution < 1.29 is 22.7 Å². The molecule has 1 aromatic rings. The highest BCUT2D eigenvalue weighted by Gasteiger charge is 2.42. The van der Waals surface area contributed by atoms with Crippen molar-refractivity contribution in [3.05, 3.63) is 17.3 Å². The van der Waals surface area contributed by atoms with E-state index in [0.29, 0.717) is 6.07 Å². The van der Waals surface area contributed by atoms with Gasteiger partial charge in [-0.15, -0.1) is 10.2 Å². The Bertz CT molecular complexity index is 452. The Labute approximate surface area is 117 Å². The van der Waals surface area contributed by atoms with Crippen LogP contribution in [0.15, 0.2) is 6.07 Å². The maximum atomic E-state index is 12.9. The molecule has 0 saturated carbocycles. The molecule has 0 unspecified atom stereocenters. The standard InChI is InChI=1S/C9H7Br2F3N2O2/c1-2-18-6-3-5(9(12,13)14)7(16-15-6)8(10,11)4-17/h3-4H,2H2,1H3. The van der Waals surface area contributed by atoms with Crippen molar-refractivity contribution in [1.82, 2.24) is 10.2 Å². The van der Waals surface area contributed by atoms with Crippen molar-refractivity contribution in [2.45, 2.75) is 16.3 Å². The third kappa shape index (κ3) is 3.41. The fourth-order valence-corrected chi connectivity index (χ4v) is 1.70. The summed E-state index contributed by atoms with van der Waals surface area (Å²) in [6, 6.07) is 0.701. The molecule has 0 aliphatic carbocycles. The molecule has 1 aromatic heterocycles. The van der Waals surface area contributed by atoms with E-state index in [-0.39, 0.29) is 18.8 Å². The highest BCUT2D eigenvalue weighted by atomic mass is 79.9. The van der Waals surface area contributed by atoms with Crippen LogP contribution in [0.4, 0.5) is 13.2 Å². The van der Waals surface area contributed by atoms with Gasteiger partial charge in [0.2, 0.25) is 5.88 Å². The quantitative estimate of drug-likeness (QED) is 0.584. The lowest BCUT2D eigenvalue weighted by atomic mass is 10.1. The minimum atomic E-state index is -4.67. The number of aromatic nitrogens is 2. The predicted octanol–water partition coefficient (Wildman–Crippen LogP) is 3.04. The summed E-state index contributed by atoms with van der Waals surface area (Å²) in [5.74, 6) is -0.254. The lowest BCUT2D eigenvalue weighted by Gasteiger charge is -2.18. The molecule has 100 valence electrons. The maximum Gasteiger partial charge on any atom is 0.418 e. The van der Waals surface area contributed by atoms with Gasteiger partial charge in [0.1, 0.15) is 5.69 Å². The van der Waals surface area contributed by atoms with E-state index in [9.17, 15) is 18.0 Å². The molecule has 0 fully saturated rings. The van der Waals surface area contributed by atoms with Gasteiger partial charge in [0.05, 0.1) is 12.2 Å². The smallest absolute Gasteiger partial charge is 0.418 e. The van der Waals surface area contributed by atoms with Gasteiger partial charge in [0, 0.05) is 6.07 Å². The third-order valence-corrected chi connectivity index (χ3v) is 2.96.